The molecule has 0 aromatic heterocycles. The summed E-state index contributed by atoms with van der Waals surface area (Å²) >= 11 is 0. The summed E-state index contributed by atoms with van der Waals surface area (Å²) in [5.41, 5.74) is 0.161. The van der Waals surface area contributed by atoms with E-state index < -0.39 is 0 Å². The molecule has 0 N–H and O–H groups in total. The van der Waals surface area contributed by atoms with Crippen LogP contribution in [0.3, 0.4) is 0 Å². The first-order chi connectivity index (χ1) is 7.10. The van der Waals surface area contributed by atoms with E-state index in [2.05, 4.69) is 32.8 Å². The fraction of sp³-hybridized carbons (Fsp3) is 1.00. The molecule has 2 atom stereocenters. The van der Waals surface area contributed by atoms with Gasteiger partial charge >= 0.3 is 0 Å². The van der Waals surface area contributed by atoms with Gasteiger partial charge in [0.1, 0.15) is 5.60 Å². The Bertz CT molecular complexity index is 175. The number of rotatable bonds is 8. The van der Waals surface area contributed by atoms with E-state index in [1.807, 2.05) is 0 Å². The maximum Gasteiger partial charge on any atom is 0.104 e. The molecule has 15 heavy (non-hydrogen) atoms. The average molecular weight is 213 g/mol. The molecule has 1 fully saturated rings. The van der Waals surface area contributed by atoms with Crippen LogP contribution >= 0.6 is 0 Å². The molecule has 0 aliphatic carbocycles. The lowest BCUT2D eigenvalue weighted by Crippen LogP contribution is -2.39. The van der Waals surface area contributed by atoms with Crippen molar-refractivity contribution in [3.63, 3.8) is 0 Å². The average Bonchev–Trinajstić information content (AvgIpc) is 2.90. The fourth-order valence-electron chi connectivity index (χ4n) is 2.36. The summed E-state index contributed by atoms with van der Waals surface area (Å²) in [6.45, 7) is 5.45. The zero-order chi connectivity index (χ0) is 11.3. The number of ether oxygens (including phenoxy) is 1. The monoisotopic (exact) mass is 213 g/mol. The minimum Gasteiger partial charge on any atom is -0.368 e. The van der Waals surface area contributed by atoms with Crippen molar-refractivity contribution < 1.29 is 4.74 Å². The van der Waals surface area contributed by atoms with Crippen LogP contribution < -0.4 is 0 Å². The summed E-state index contributed by atoms with van der Waals surface area (Å²) in [6.07, 6.45) is 8.13. The molecule has 0 radical (unpaired) electrons. The van der Waals surface area contributed by atoms with Crippen molar-refractivity contribution in [1.82, 2.24) is 4.90 Å². The number of epoxide rings is 1. The third-order valence-electron chi connectivity index (χ3n) is 3.51. The van der Waals surface area contributed by atoms with Crippen molar-refractivity contribution in [1.29, 1.82) is 0 Å². The van der Waals surface area contributed by atoms with Crippen LogP contribution in [0, 0.1) is 0 Å². The van der Waals surface area contributed by atoms with Crippen LogP contribution in [0.1, 0.15) is 52.4 Å². The van der Waals surface area contributed by atoms with Crippen LogP contribution in [0.25, 0.3) is 0 Å². The van der Waals surface area contributed by atoms with Crippen LogP contribution in [0.4, 0.5) is 0 Å². The summed E-state index contributed by atoms with van der Waals surface area (Å²) in [5.74, 6) is 0. The third kappa shape index (κ3) is 4.12. The topological polar surface area (TPSA) is 15.8 Å². The predicted octanol–water partition coefficient (Wildman–Crippen LogP) is 3.07. The Morgan fingerprint density at radius 1 is 1.20 bits per heavy atom. The second kappa shape index (κ2) is 5.86. The molecule has 0 spiro atoms. The van der Waals surface area contributed by atoms with Gasteiger partial charge in [-0.3, -0.25) is 0 Å². The molecule has 1 saturated heterocycles. The molecule has 90 valence electrons. The molecule has 0 bridgehead atoms. The second-order valence-electron chi connectivity index (χ2n) is 5.28. The van der Waals surface area contributed by atoms with Crippen molar-refractivity contribution in [2.45, 2.75) is 64.0 Å². The first-order valence-corrected chi connectivity index (χ1v) is 6.40. The van der Waals surface area contributed by atoms with Crippen molar-refractivity contribution in [3.05, 3.63) is 0 Å². The molecule has 1 heterocycles. The Morgan fingerprint density at radius 2 is 1.80 bits per heavy atom. The van der Waals surface area contributed by atoms with Crippen molar-refractivity contribution in [2.75, 3.05) is 20.7 Å². The lowest BCUT2D eigenvalue weighted by Gasteiger charge is -2.27. The number of nitrogens with zero attached hydrogens (tertiary/aromatic N) is 1. The van der Waals surface area contributed by atoms with E-state index in [1.54, 1.807) is 0 Å². The van der Waals surface area contributed by atoms with E-state index in [4.69, 9.17) is 4.74 Å². The van der Waals surface area contributed by atoms with E-state index in [0.29, 0.717) is 6.04 Å². The van der Waals surface area contributed by atoms with Gasteiger partial charge in [-0.15, -0.1) is 0 Å². The van der Waals surface area contributed by atoms with Crippen molar-refractivity contribution in [2.24, 2.45) is 0 Å². The Kier molecular flexibility index (Phi) is 5.07. The number of unbranched alkanes of at least 4 members (excludes halogenated alkanes) is 4. The highest BCUT2D eigenvalue weighted by molar-refractivity contribution is 4.98. The van der Waals surface area contributed by atoms with Gasteiger partial charge in [0, 0.05) is 6.04 Å². The number of hydrogen-bond acceptors (Lipinski definition) is 2. The normalized spacial score (nSPS) is 27.0. The van der Waals surface area contributed by atoms with Crippen LogP contribution in [0.2, 0.25) is 0 Å². The van der Waals surface area contributed by atoms with Gasteiger partial charge in [0.05, 0.1) is 6.61 Å². The first-order valence-electron chi connectivity index (χ1n) is 6.40. The van der Waals surface area contributed by atoms with Crippen LogP contribution in [0.15, 0.2) is 0 Å². The van der Waals surface area contributed by atoms with Crippen LogP contribution in [-0.4, -0.2) is 37.2 Å². The molecule has 0 amide bonds. The molecule has 0 aromatic carbocycles. The SMILES string of the molecule is CCCCCCCC(N(C)C)C1(C)CO1. The van der Waals surface area contributed by atoms with E-state index in [0.717, 1.165) is 6.61 Å². The van der Waals surface area contributed by atoms with Gasteiger partial charge in [-0.25, -0.2) is 0 Å². The van der Waals surface area contributed by atoms with Gasteiger partial charge in [0.25, 0.3) is 0 Å². The first kappa shape index (κ1) is 13.0. The smallest absolute Gasteiger partial charge is 0.104 e. The summed E-state index contributed by atoms with van der Waals surface area (Å²) in [4.78, 5) is 2.33. The molecular formula is C13H27NO. The molecular weight excluding hydrogens is 186 g/mol. The molecule has 0 aromatic rings. The maximum absolute atomic E-state index is 5.56. The highest BCUT2D eigenvalue weighted by Crippen LogP contribution is 2.35. The molecule has 0 saturated carbocycles. The van der Waals surface area contributed by atoms with E-state index >= 15 is 0 Å². The largest absolute Gasteiger partial charge is 0.368 e. The highest BCUT2D eigenvalue weighted by atomic mass is 16.6. The second-order valence-corrected chi connectivity index (χ2v) is 5.28. The quantitative estimate of drug-likeness (QED) is 0.455. The molecule has 2 nitrogen and oxygen atoms in total. The van der Waals surface area contributed by atoms with E-state index in [1.165, 1.54) is 38.5 Å². The Morgan fingerprint density at radius 3 is 2.27 bits per heavy atom. The predicted molar refractivity (Wildman–Crippen MR) is 65.2 cm³/mol. The van der Waals surface area contributed by atoms with Crippen molar-refractivity contribution >= 4 is 0 Å². The van der Waals surface area contributed by atoms with Gasteiger partial charge in [0.2, 0.25) is 0 Å². The Balaban J connectivity index is 2.16. The molecule has 1 aliphatic rings. The van der Waals surface area contributed by atoms with Gasteiger partial charge in [-0.05, 0) is 27.4 Å². The third-order valence-corrected chi connectivity index (χ3v) is 3.51. The molecule has 2 unspecified atom stereocenters. The zero-order valence-corrected chi connectivity index (χ0v) is 10.9. The summed E-state index contributed by atoms with van der Waals surface area (Å²) < 4.78 is 5.56. The minimum absolute atomic E-state index is 0.161. The lowest BCUT2D eigenvalue weighted by atomic mass is 9.95. The zero-order valence-electron chi connectivity index (χ0n) is 10.9. The van der Waals surface area contributed by atoms with Crippen LogP contribution in [0.5, 0.6) is 0 Å². The highest BCUT2D eigenvalue weighted by Gasteiger charge is 2.47. The molecule has 1 rings (SSSR count). The number of hydrogen-bond donors (Lipinski definition) is 0. The van der Waals surface area contributed by atoms with Gasteiger partial charge in [0.15, 0.2) is 0 Å². The van der Waals surface area contributed by atoms with Gasteiger partial charge in [-0.1, -0.05) is 39.0 Å². The maximum atomic E-state index is 5.56. The summed E-state index contributed by atoms with van der Waals surface area (Å²) in [5, 5.41) is 0. The fourth-order valence-corrected chi connectivity index (χ4v) is 2.36. The van der Waals surface area contributed by atoms with E-state index in [-0.39, 0.29) is 5.60 Å². The van der Waals surface area contributed by atoms with Crippen LogP contribution in [-0.2, 0) is 4.74 Å². The minimum atomic E-state index is 0.161. The lowest BCUT2D eigenvalue weighted by molar-refractivity contribution is 0.154. The Hall–Kier alpha value is -0.0800. The standard InChI is InChI=1S/C13H27NO/c1-5-6-7-8-9-10-12(14(3)4)13(2)11-15-13/h12H,5-11H2,1-4H3. The number of likely N-dealkylation sites (N-methyl/N-ethyl adjacent to an activating group) is 1. The van der Waals surface area contributed by atoms with E-state index in [9.17, 15) is 0 Å². The Labute approximate surface area is 95.0 Å². The molecule has 2 heteroatoms. The molecule has 1 aliphatic heterocycles. The summed E-state index contributed by atoms with van der Waals surface area (Å²) in [6, 6.07) is 0.610. The summed E-state index contributed by atoms with van der Waals surface area (Å²) in [7, 11) is 4.34. The van der Waals surface area contributed by atoms with Crippen molar-refractivity contribution in [3.8, 4) is 0 Å². The van der Waals surface area contributed by atoms with Gasteiger partial charge < -0.3 is 9.64 Å². The van der Waals surface area contributed by atoms with Gasteiger partial charge in [-0.2, -0.15) is 0 Å².